The van der Waals surface area contributed by atoms with E-state index in [2.05, 4.69) is 10.3 Å². The lowest BCUT2D eigenvalue weighted by molar-refractivity contribution is 0.102. The zero-order chi connectivity index (χ0) is 23.1. The number of carbonyl (C=O) groups is 1. The molecule has 0 aliphatic heterocycles. The first-order chi connectivity index (χ1) is 15.3. The molecule has 1 amide bonds. The van der Waals surface area contributed by atoms with E-state index in [9.17, 15) is 13.2 Å². The van der Waals surface area contributed by atoms with E-state index in [-0.39, 0.29) is 9.92 Å². The van der Waals surface area contributed by atoms with Crippen LogP contribution in [0, 0.1) is 0 Å². The molecule has 0 radical (unpaired) electrons. The van der Waals surface area contributed by atoms with Gasteiger partial charge in [-0.3, -0.25) is 4.79 Å². The molecule has 1 aromatic heterocycles. The lowest BCUT2D eigenvalue weighted by atomic mass is 10.2. The fourth-order valence-electron chi connectivity index (χ4n) is 3.05. The molecule has 0 aliphatic carbocycles. The van der Waals surface area contributed by atoms with Crippen LogP contribution in [0.3, 0.4) is 0 Å². The summed E-state index contributed by atoms with van der Waals surface area (Å²) >= 11 is 6.16. The molecule has 0 aliphatic rings. The first-order valence-corrected chi connectivity index (χ1v) is 11.9. The third-order valence-corrected chi connectivity index (χ3v) is 7.27. The van der Waals surface area contributed by atoms with Crippen molar-refractivity contribution in [1.82, 2.24) is 9.29 Å². The molecule has 0 unspecified atom stereocenters. The Morgan fingerprint density at radius 1 is 1.06 bits per heavy atom. The average Bonchev–Trinajstić information content (AvgIpc) is 2.80. The summed E-state index contributed by atoms with van der Waals surface area (Å²) in [6, 6.07) is 17.1. The molecular formula is C23H24ClN3O4S. The first-order valence-electron chi connectivity index (χ1n) is 10.1. The van der Waals surface area contributed by atoms with Gasteiger partial charge in [-0.1, -0.05) is 55.8 Å². The monoisotopic (exact) mass is 473 g/mol. The number of nitrogens with zero attached hydrogens (tertiary/aromatic N) is 2. The van der Waals surface area contributed by atoms with Crippen molar-refractivity contribution in [2.24, 2.45) is 0 Å². The molecule has 168 valence electrons. The molecule has 3 aromatic rings. The summed E-state index contributed by atoms with van der Waals surface area (Å²) in [4.78, 5) is 16.8. The first kappa shape index (κ1) is 23.7. The normalized spacial score (nSPS) is 11.4. The number of carbonyl (C=O) groups excluding carboxylic acids is 1. The largest absolute Gasteiger partial charge is 0.473 e. The minimum atomic E-state index is -3.78. The van der Waals surface area contributed by atoms with Crippen LogP contribution in [0.4, 0.5) is 5.69 Å². The number of benzene rings is 2. The van der Waals surface area contributed by atoms with E-state index < -0.39 is 15.9 Å². The second kappa shape index (κ2) is 10.6. The van der Waals surface area contributed by atoms with Crippen LogP contribution in [0.1, 0.15) is 29.8 Å². The van der Waals surface area contributed by atoms with Crippen LogP contribution >= 0.6 is 11.6 Å². The Kier molecular flexibility index (Phi) is 7.84. The van der Waals surface area contributed by atoms with E-state index in [1.54, 1.807) is 26.0 Å². The summed E-state index contributed by atoms with van der Waals surface area (Å²) in [5.41, 5.74) is 1.62. The highest BCUT2D eigenvalue weighted by Gasteiger charge is 2.25. The molecule has 2 aromatic carbocycles. The number of hydrogen-bond acceptors (Lipinski definition) is 5. The zero-order valence-electron chi connectivity index (χ0n) is 17.8. The predicted octanol–water partition coefficient (Wildman–Crippen LogP) is 4.60. The smallest absolute Gasteiger partial charge is 0.255 e. The summed E-state index contributed by atoms with van der Waals surface area (Å²) < 4.78 is 32.7. The number of halogens is 1. The number of rotatable bonds is 9. The summed E-state index contributed by atoms with van der Waals surface area (Å²) in [6.07, 6.45) is 1.48. The van der Waals surface area contributed by atoms with E-state index in [1.165, 1.54) is 28.7 Å². The second-order valence-electron chi connectivity index (χ2n) is 6.85. The van der Waals surface area contributed by atoms with Crippen molar-refractivity contribution in [1.29, 1.82) is 0 Å². The molecule has 32 heavy (non-hydrogen) atoms. The maximum Gasteiger partial charge on any atom is 0.255 e. The fraction of sp³-hybridized carbons (Fsp3) is 0.217. The van der Waals surface area contributed by atoms with E-state index in [0.717, 1.165) is 5.56 Å². The highest BCUT2D eigenvalue weighted by Crippen LogP contribution is 2.28. The number of ether oxygens (including phenoxy) is 1. The minimum Gasteiger partial charge on any atom is -0.473 e. The molecule has 0 atom stereocenters. The van der Waals surface area contributed by atoms with Gasteiger partial charge >= 0.3 is 0 Å². The molecule has 0 bridgehead atoms. The van der Waals surface area contributed by atoms with Gasteiger partial charge in [-0.25, -0.2) is 13.4 Å². The Morgan fingerprint density at radius 2 is 1.78 bits per heavy atom. The van der Waals surface area contributed by atoms with Crippen LogP contribution in [0.25, 0.3) is 0 Å². The molecule has 0 saturated carbocycles. The van der Waals surface area contributed by atoms with E-state index >= 15 is 0 Å². The highest BCUT2D eigenvalue weighted by molar-refractivity contribution is 7.89. The van der Waals surface area contributed by atoms with E-state index in [4.69, 9.17) is 16.3 Å². The van der Waals surface area contributed by atoms with Crippen LogP contribution in [0.5, 0.6) is 5.88 Å². The van der Waals surface area contributed by atoms with Crippen LogP contribution in [-0.2, 0) is 16.6 Å². The molecule has 0 saturated heterocycles. The molecular weight excluding hydrogens is 450 g/mol. The topological polar surface area (TPSA) is 88.6 Å². The molecule has 3 rings (SSSR count). The van der Waals surface area contributed by atoms with Crippen molar-refractivity contribution < 1.29 is 17.9 Å². The third kappa shape index (κ3) is 5.64. The highest BCUT2D eigenvalue weighted by atomic mass is 35.5. The standard InChI is InChI=1S/C23H24ClN3O4S/c1-3-27(4-2)32(29,30)21-15-19(10-11-20(21)24)26-23(28)18-12-13-25-22(14-18)31-16-17-8-6-5-7-9-17/h5-15H,3-4,16H2,1-2H3,(H,26,28). The van der Waals surface area contributed by atoms with Gasteiger partial charge in [0, 0.05) is 36.6 Å². The predicted molar refractivity (Wildman–Crippen MR) is 125 cm³/mol. The quantitative estimate of drug-likeness (QED) is 0.490. The number of pyridine rings is 1. The summed E-state index contributed by atoms with van der Waals surface area (Å²) in [6.45, 7) is 4.45. The Hall–Kier alpha value is -2.94. The minimum absolute atomic E-state index is 0.0534. The van der Waals surface area contributed by atoms with Crippen molar-refractivity contribution in [2.45, 2.75) is 25.3 Å². The van der Waals surface area contributed by atoms with Gasteiger partial charge < -0.3 is 10.1 Å². The van der Waals surface area contributed by atoms with Gasteiger partial charge in [0.2, 0.25) is 15.9 Å². The van der Waals surface area contributed by atoms with E-state index in [0.29, 0.717) is 36.8 Å². The summed E-state index contributed by atoms with van der Waals surface area (Å²) in [5, 5.41) is 2.80. The third-order valence-electron chi connectivity index (χ3n) is 4.74. The number of amides is 1. The van der Waals surface area contributed by atoms with E-state index in [1.807, 2.05) is 30.3 Å². The van der Waals surface area contributed by atoms with Crippen molar-refractivity contribution in [3.8, 4) is 5.88 Å². The fourth-order valence-corrected chi connectivity index (χ4v) is 5.00. The molecule has 9 heteroatoms. The molecule has 0 fully saturated rings. The number of sulfonamides is 1. The van der Waals surface area contributed by atoms with Crippen molar-refractivity contribution in [3.05, 3.63) is 83.0 Å². The van der Waals surface area contributed by atoms with Crippen molar-refractivity contribution >= 4 is 33.2 Å². The summed E-state index contributed by atoms with van der Waals surface area (Å²) in [5.74, 6) is -0.118. The number of anilines is 1. The van der Waals surface area contributed by atoms with Gasteiger partial charge in [0.25, 0.3) is 5.91 Å². The average molecular weight is 474 g/mol. The van der Waals surface area contributed by atoms with Crippen LogP contribution in [-0.4, -0.2) is 36.7 Å². The Labute approximate surface area is 193 Å². The Bertz CT molecular complexity index is 1180. The molecule has 7 nitrogen and oxygen atoms in total. The number of aromatic nitrogens is 1. The summed E-state index contributed by atoms with van der Waals surface area (Å²) in [7, 11) is -3.78. The van der Waals surface area contributed by atoms with Crippen LogP contribution in [0.2, 0.25) is 5.02 Å². The molecule has 1 heterocycles. The maximum absolute atomic E-state index is 12.9. The van der Waals surface area contributed by atoms with Gasteiger partial charge in [0.15, 0.2) is 0 Å². The van der Waals surface area contributed by atoms with Gasteiger partial charge in [-0.15, -0.1) is 0 Å². The lowest BCUT2D eigenvalue weighted by Gasteiger charge is -2.19. The van der Waals surface area contributed by atoms with Gasteiger partial charge in [-0.05, 0) is 29.8 Å². The molecule has 0 spiro atoms. The van der Waals surface area contributed by atoms with Gasteiger partial charge in [-0.2, -0.15) is 4.31 Å². The van der Waals surface area contributed by atoms with Gasteiger partial charge in [0.1, 0.15) is 11.5 Å². The van der Waals surface area contributed by atoms with Crippen molar-refractivity contribution in [3.63, 3.8) is 0 Å². The van der Waals surface area contributed by atoms with Crippen LogP contribution in [0.15, 0.2) is 71.8 Å². The second-order valence-corrected chi connectivity index (χ2v) is 9.16. The van der Waals surface area contributed by atoms with Gasteiger partial charge in [0.05, 0.1) is 5.02 Å². The number of hydrogen-bond donors (Lipinski definition) is 1. The van der Waals surface area contributed by atoms with Crippen molar-refractivity contribution in [2.75, 3.05) is 18.4 Å². The lowest BCUT2D eigenvalue weighted by Crippen LogP contribution is -2.30. The number of nitrogens with one attached hydrogen (secondary N) is 1. The maximum atomic E-state index is 12.9. The zero-order valence-corrected chi connectivity index (χ0v) is 19.4. The Morgan fingerprint density at radius 3 is 2.47 bits per heavy atom. The SMILES string of the molecule is CCN(CC)S(=O)(=O)c1cc(NC(=O)c2ccnc(OCc3ccccc3)c2)ccc1Cl. The molecule has 1 N–H and O–H groups in total. The Balaban J connectivity index is 1.76. The van der Waals surface area contributed by atoms with Crippen LogP contribution < -0.4 is 10.1 Å².